The summed E-state index contributed by atoms with van der Waals surface area (Å²) < 4.78 is 0. The van der Waals surface area contributed by atoms with E-state index in [0.717, 1.165) is 22.5 Å². The molecular formula is C12H15N3. The molecule has 0 aliphatic rings. The predicted octanol–water partition coefficient (Wildman–Crippen LogP) is 2.68. The second-order valence-corrected chi connectivity index (χ2v) is 3.02. The monoisotopic (exact) mass is 201 g/mol. The highest BCUT2D eigenvalue weighted by Crippen LogP contribution is 2.26. The van der Waals surface area contributed by atoms with Crippen LogP contribution in [-0.2, 0) is 0 Å². The van der Waals surface area contributed by atoms with Crippen molar-refractivity contribution in [3.05, 3.63) is 35.8 Å². The Kier molecular flexibility index (Phi) is 3.80. The minimum Gasteiger partial charge on any atom is -0.405 e. The first-order valence-electron chi connectivity index (χ1n) is 4.73. The van der Waals surface area contributed by atoms with Gasteiger partial charge in [0.2, 0.25) is 0 Å². The first-order valence-corrected chi connectivity index (χ1v) is 4.73. The summed E-state index contributed by atoms with van der Waals surface area (Å²) in [5.74, 6) is 0. The van der Waals surface area contributed by atoms with Gasteiger partial charge in [-0.3, -0.25) is 9.98 Å². The van der Waals surface area contributed by atoms with E-state index in [0.29, 0.717) is 0 Å². The molecule has 0 unspecified atom stereocenters. The molecule has 0 saturated heterocycles. The second kappa shape index (κ2) is 5.10. The van der Waals surface area contributed by atoms with Gasteiger partial charge in [0.25, 0.3) is 0 Å². The maximum absolute atomic E-state index is 5.36. The van der Waals surface area contributed by atoms with Crippen LogP contribution in [0.3, 0.4) is 0 Å². The summed E-state index contributed by atoms with van der Waals surface area (Å²) in [6.45, 7) is 7.58. The third kappa shape index (κ3) is 2.31. The van der Waals surface area contributed by atoms with E-state index in [1.165, 1.54) is 6.20 Å². The molecule has 0 saturated carbocycles. The molecule has 15 heavy (non-hydrogen) atoms. The van der Waals surface area contributed by atoms with E-state index < -0.39 is 0 Å². The highest BCUT2D eigenvalue weighted by Gasteiger charge is 2.06. The Balaban J connectivity index is 3.41. The van der Waals surface area contributed by atoms with Crippen LogP contribution in [0.2, 0.25) is 0 Å². The smallest absolute Gasteiger partial charge is 0.0917 e. The number of hydrogen-bond acceptors (Lipinski definition) is 3. The molecular weight excluding hydrogens is 186 g/mol. The normalized spacial score (nSPS) is 11.3. The van der Waals surface area contributed by atoms with Gasteiger partial charge in [0.05, 0.1) is 11.4 Å². The van der Waals surface area contributed by atoms with Crippen molar-refractivity contribution in [3.8, 4) is 0 Å². The van der Waals surface area contributed by atoms with E-state index in [9.17, 15) is 0 Å². The van der Waals surface area contributed by atoms with Gasteiger partial charge in [0, 0.05) is 12.4 Å². The molecule has 78 valence electrons. The molecule has 3 heteroatoms. The molecule has 2 N–H and O–H groups in total. The van der Waals surface area contributed by atoms with Crippen molar-refractivity contribution in [1.29, 1.82) is 0 Å². The fraction of sp³-hybridized carbons (Fsp3) is 0.167. The Bertz CT molecular complexity index is 417. The lowest BCUT2D eigenvalue weighted by Crippen LogP contribution is -1.91. The van der Waals surface area contributed by atoms with Gasteiger partial charge in [0.1, 0.15) is 0 Å². The van der Waals surface area contributed by atoms with Gasteiger partial charge in [-0.2, -0.15) is 0 Å². The number of hydrogen-bond donors (Lipinski definition) is 1. The lowest BCUT2D eigenvalue weighted by atomic mass is 10.1. The van der Waals surface area contributed by atoms with Crippen LogP contribution in [0.1, 0.15) is 23.7 Å². The van der Waals surface area contributed by atoms with Crippen LogP contribution in [0.4, 0.5) is 5.69 Å². The van der Waals surface area contributed by atoms with Gasteiger partial charge in [-0.1, -0.05) is 6.58 Å². The fourth-order valence-corrected chi connectivity index (χ4v) is 1.34. The molecule has 0 spiro atoms. The van der Waals surface area contributed by atoms with Gasteiger partial charge in [0.15, 0.2) is 0 Å². The predicted molar refractivity (Wildman–Crippen MR) is 66.1 cm³/mol. The van der Waals surface area contributed by atoms with Crippen molar-refractivity contribution >= 4 is 24.1 Å². The Hall–Kier alpha value is -1.90. The third-order valence-corrected chi connectivity index (χ3v) is 2.10. The van der Waals surface area contributed by atoms with E-state index in [-0.39, 0.29) is 0 Å². The fourth-order valence-electron chi connectivity index (χ4n) is 1.34. The van der Waals surface area contributed by atoms with Crippen molar-refractivity contribution in [2.24, 2.45) is 10.7 Å². The number of aromatic nitrogens is 1. The van der Waals surface area contributed by atoms with Crippen LogP contribution in [-0.4, -0.2) is 11.2 Å². The van der Waals surface area contributed by atoms with Crippen molar-refractivity contribution in [3.63, 3.8) is 0 Å². The maximum atomic E-state index is 5.36. The molecule has 0 bridgehead atoms. The summed E-state index contributed by atoms with van der Waals surface area (Å²) in [7, 11) is 0. The lowest BCUT2D eigenvalue weighted by Gasteiger charge is -2.07. The molecule has 1 rings (SSSR count). The Morgan fingerprint density at radius 1 is 1.53 bits per heavy atom. The van der Waals surface area contributed by atoms with Crippen molar-refractivity contribution in [2.75, 3.05) is 0 Å². The van der Waals surface area contributed by atoms with Gasteiger partial charge < -0.3 is 5.73 Å². The summed E-state index contributed by atoms with van der Waals surface area (Å²) in [6, 6.07) is 0. The Labute approximate surface area is 90.1 Å². The number of aliphatic imine (C=N–C) groups is 1. The first-order chi connectivity index (χ1) is 7.24. The second-order valence-electron chi connectivity index (χ2n) is 3.02. The Morgan fingerprint density at radius 3 is 2.80 bits per heavy atom. The highest BCUT2D eigenvalue weighted by atomic mass is 14.8. The van der Waals surface area contributed by atoms with E-state index in [2.05, 4.69) is 16.6 Å². The first kappa shape index (κ1) is 11.2. The van der Waals surface area contributed by atoms with E-state index in [4.69, 9.17) is 5.73 Å². The number of pyridine rings is 1. The zero-order chi connectivity index (χ0) is 11.3. The van der Waals surface area contributed by atoms with Crippen LogP contribution in [0.25, 0.3) is 12.2 Å². The van der Waals surface area contributed by atoms with Gasteiger partial charge in [-0.15, -0.1) is 0 Å². The van der Waals surface area contributed by atoms with Crippen molar-refractivity contribution < 1.29 is 0 Å². The number of nitrogens with two attached hydrogens (primary N) is 1. The van der Waals surface area contributed by atoms with Crippen LogP contribution in [0, 0.1) is 6.92 Å². The van der Waals surface area contributed by atoms with Gasteiger partial charge >= 0.3 is 0 Å². The van der Waals surface area contributed by atoms with Crippen molar-refractivity contribution in [2.45, 2.75) is 13.8 Å². The standard InChI is InChI=1S/C12H15N3/c1-4-11-12(14-5-2)9(3)10(6-7-13)8-15-11/h4-8H,1,13H2,2-3H3/b7-6-,14-5?. The SMILES string of the molecule is C=Cc1ncc(/C=C\N)c(C)c1N=CC. The van der Waals surface area contributed by atoms with E-state index >= 15 is 0 Å². The molecule has 1 aromatic heterocycles. The molecule has 0 aliphatic carbocycles. The molecule has 0 fully saturated rings. The van der Waals surface area contributed by atoms with Crippen molar-refractivity contribution in [1.82, 2.24) is 4.98 Å². The maximum Gasteiger partial charge on any atom is 0.0917 e. The molecule has 1 heterocycles. The Morgan fingerprint density at radius 2 is 2.27 bits per heavy atom. The van der Waals surface area contributed by atoms with Gasteiger partial charge in [-0.25, -0.2) is 0 Å². The third-order valence-electron chi connectivity index (χ3n) is 2.10. The minimum absolute atomic E-state index is 0.791. The largest absolute Gasteiger partial charge is 0.405 e. The summed E-state index contributed by atoms with van der Waals surface area (Å²) in [6.07, 6.45) is 8.52. The van der Waals surface area contributed by atoms with E-state index in [1.54, 1.807) is 18.5 Å². The average molecular weight is 201 g/mol. The molecule has 1 aromatic rings. The average Bonchev–Trinajstić information content (AvgIpc) is 2.25. The molecule has 0 aliphatic heterocycles. The quantitative estimate of drug-likeness (QED) is 0.764. The molecule has 3 nitrogen and oxygen atoms in total. The molecule has 0 amide bonds. The van der Waals surface area contributed by atoms with Crippen LogP contribution in [0.5, 0.6) is 0 Å². The highest BCUT2D eigenvalue weighted by molar-refractivity contribution is 5.73. The minimum atomic E-state index is 0.791. The molecule has 0 atom stereocenters. The lowest BCUT2D eigenvalue weighted by molar-refractivity contribution is 1.22. The summed E-state index contributed by atoms with van der Waals surface area (Å²) in [5, 5.41) is 0. The summed E-state index contributed by atoms with van der Waals surface area (Å²) in [5.41, 5.74) is 9.03. The molecule has 0 aromatic carbocycles. The number of rotatable bonds is 3. The summed E-state index contributed by atoms with van der Waals surface area (Å²) in [4.78, 5) is 8.54. The van der Waals surface area contributed by atoms with Crippen LogP contribution in [0.15, 0.2) is 24.0 Å². The number of nitrogens with zero attached hydrogens (tertiary/aromatic N) is 2. The van der Waals surface area contributed by atoms with E-state index in [1.807, 2.05) is 19.9 Å². The zero-order valence-corrected chi connectivity index (χ0v) is 9.07. The molecule has 0 radical (unpaired) electrons. The van der Waals surface area contributed by atoms with Crippen LogP contribution < -0.4 is 5.73 Å². The van der Waals surface area contributed by atoms with Gasteiger partial charge in [-0.05, 0) is 43.3 Å². The summed E-state index contributed by atoms with van der Waals surface area (Å²) >= 11 is 0. The zero-order valence-electron chi connectivity index (χ0n) is 9.07. The topological polar surface area (TPSA) is 51.3 Å². The van der Waals surface area contributed by atoms with Crippen LogP contribution >= 0.6 is 0 Å².